The lowest BCUT2D eigenvalue weighted by Gasteiger charge is -2.31. The molecular weight excluding hydrogens is 399 g/mol. The number of halogens is 3. The molecule has 158 valence electrons. The van der Waals surface area contributed by atoms with Gasteiger partial charge in [-0.1, -0.05) is 0 Å². The van der Waals surface area contributed by atoms with Gasteiger partial charge in [-0.2, -0.15) is 18.3 Å². The molecule has 5 rings (SSSR count). The summed E-state index contributed by atoms with van der Waals surface area (Å²) in [4.78, 5) is 18.9. The van der Waals surface area contributed by atoms with E-state index in [0.717, 1.165) is 17.6 Å². The number of ether oxygens (including phenoxy) is 1. The third kappa shape index (κ3) is 3.08. The Morgan fingerprint density at radius 2 is 2.00 bits per heavy atom. The van der Waals surface area contributed by atoms with Gasteiger partial charge in [0.25, 0.3) is 0 Å². The van der Waals surface area contributed by atoms with Crippen LogP contribution in [-0.2, 0) is 23.9 Å². The zero-order chi connectivity index (χ0) is 21.0. The van der Waals surface area contributed by atoms with Crippen LogP contribution in [0.2, 0.25) is 0 Å². The summed E-state index contributed by atoms with van der Waals surface area (Å²) in [5.74, 6) is 1.54. The minimum Gasteiger partial charge on any atom is -0.381 e. The quantitative estimate of drug-likeness (QED) is 0.632. The number of imidazole rings is 1. The lowest BCUT2D eigenvalue weighted by Crippen LogP contribution is -2.34. The molecule has 8 nitrogen and oxygen atoms in total. The Labute approximate surface area is 170 Å². The third-order valence-electron chi connectivity index (χ3n) is 5.66. The summed E-state index contributed by atoms with van der Waals surface area (Å²) < 4.78 is 48.2. The van der Waals surface area contributed by atoms with Gasteiger partial charge in [0.15, 0.2) is 11.5 Å². The molecule has 0 aromatic carbocycles. The van der Waals surface area contributed by atoms with E-state index in [-0.39, 0.29) is 23.9 Å². The van der Waals surface area contributed by atoms with Crippen molar-refractivity contribution in [3.63, 3.8) is 0 Å². The van der Waals surface area contributed by atoms with Crippen molar-refractivity contribution in [3.8, 4) is 0 Å². The van der Waals surface area contributed by atoms with Crippen molar-refractivity contribution in [2.24, 2.45) is 0 Å². The predicted molar refractivity (Wildman–Crippen MR) is 100 cm³/mol. The highest BCUT2D eigenvalue weighted by molar-refractivity contribution is 5.73. The van der Waals surface area contributed by atoms with Crippen LogP contribution in [0.15, 0.2) is 6.33 Å². The van der Waals surface area contributed by atoms with Crippen molar-refractivity contribution < 1.29 is 17.9 Å². The summed E-state index contributed by atoms with van der Waals surface area (Å²) in [6, 6.07) is 0. The van der Waals surface area contributed by atoms with Gasteiger partial charge in [0.05, 0.1) is 18.0 Å². The molecule has 0 bridgehead atoms. The fourth-order valence-corrected chi connectivity index (χ4v) is 4.31. The first-order chi connectivity index (χ1) is 14.3. The third-order valence-corrected chi connectivity index (χ3v) is 5.66. The van der Waals surface area contributed by atoms with Gasteiger partial charge in [0.1, 0.15) is 23.5 Å². The van der Waals surface area contributed by atoms with Gasteiger partial charge in [-0.3, -0.25) is 0 Å². The second-order valence-corrected chi connectivity index (χ2v) is 7.66. The van der Waals surface area contributed by atoms with E-state index in [0.29, 0.717) is 43.5 Å². The Balaban J connectivity index is 1.62. The van der Waals surface area contributed by atoms with E-state index in [2.05, 4.69) is 25.0 Å². The van der Waals surface area contributed by atoms with Crippen molar-refractivity contribution in [3.05, 3.63) is 40.6 Å². The summed E-state index contributed by atoms with van der Waals surface area (Å²) in [5.41, 5.74) is 1.26. The molecule has 0 radical (unpaired) electrons. The average Bonchev–Trinajstić information content (AvgIpc) is 3.34. The Kier molecular flexibility index (Phi) is 4.38. The first-order valence-corrected chi connectivity index (χ1v) is 9.79. The summed E-state index contributed by atoms with van der Waals surface area (Å²) >= 11 is 0. The van der Waals surface area contributed by atoms with E-state index in [1.807, 2.05) is 11.8 Å². The summed E-state index contributed by atoms with van der Waals surface area (Å²) in [6.07, 6.45) is -1.90. The molecule has 0 aliphatic carbocycles. The molecule has 30 heavy (non-hydrogen) atoms. The van der Waals surface area contributed by atoms with Crippen LogP contribution >= 0.6 is 0 Å². The Bertz CT molecular complexity index is 1120. The minimum absolute atomic E-state index is 0.0297. The molecule has 1 saturated heterocycles. The van der Waals surface area contributed by atoms with E-state index in [1.165, 1.54) is 13.3 Å². The number of fused-ring (bicyclic) bond motifs is 2. The first kappa shape index (κ1) is 19.2. The molecule has 3 aromatic rings. The van der Waals surface area contributed by atoms with Gasteiger partial charge < -0.3 is 9.64 Å². The Hall–Kier alpha value is -2.82. The Morgan fingerprint density at radius 3 is 2.73 bits per heavy atom. The maximum Gasteiger partial charge on any atom is 0.433 e. The van der Waals surface area contributed by atoms with Gasteiger partial charge in [-0.05, 0) is 20.3 Å². The molecule has 2 aliphatic rings. The molecule has 2 aliphatic heterocycles. The molecule has 1 unspecified atom stereocenters. The monoisotopic (exact) mass is 419 g/mol. The van der Waals surface area contributed by atoms with Crippen LogP contribution in [-0.4, -0.2) is 49.3 Å². The Morgan fingerprint density at radius 1 is 1.17 bits per heavy atom. The van der Waals surface area contributed by atoms with Gasteiger partial charge in [-0.15, -0.1) is 0 Å². The molecule has 0 spiro atoms. The molecule has 3 aromatic heterocycles. The maximum absolute atomic E-state index is 13.6. The zero-order valence-electron chi connectivity index (χ0n) is 16.6. The number of nitrogens with zero attached hydrogens (tertiary/aromatic N) is 7. The number of anilines is 1. The van der Waals surface area contributed by atoms with Crippen molar-refractivity contribution in [2.45, 2.75) is 45.3 Å². The molecular formula is C19H20F3N7O. The number of aromatic nitrogens is 6. The highest BCUT2D eigenvalue weighted by Gasteiger charge is 2.39. The number of aryl methyl sites for hydroxylation is 2. The molecule has 1 atom stereocenters. The number of hydrogen-bond donors (Lipinski definition) is 0. The summed E-state index contributed by atoms with van der Waals surface area (Å²) in [7, 11) is 0. The molecule has 0 saturated carbocycles. The van der Waals surface area contributed by atoms with E-state index in [9.17, 15) is 13.2 Å². The molecule has 0 N–H and O–H groups in total. The zero-order valence-corrected chi connectivity index (χ0v) is 16.6. The second kappa shape index (κ2) is 6.86. The van der Waals surface area contributed by atoms with Gasteiger partial charge in [0, 0.05) is 37.6 Å². The SMILES string of the molecule is Cc1nc2c(c(C(F)(F)F)n1)CN(c1ncnn3c(C)nc(C4CCOC4)c13)CC2. The lowest BCUT2D eigenvalue weighted by atomic mass is 10.0. The highest BCUT2D eigenvalue weighted by Crippen LogP contribution is 2.37. The average molecular weight is 419 g/mol. The second-order valence-electron chi connectivity index (χ2n) is 7.66. The molecule has 11 heteroatoms. The van der Waals surface area contributed by atoms with Gasteiger partial charge in [-0.25, -0.2) is 24.5 Å². The van der Waals surface area contributed by atoms with Crippen molar-refractivity contribution in [1.29, 1.82) is 0 Å². The predicted octanol–water partition coefficient (Wildman–Crippen LogP) is 2.62. The van der Waals surface area contributed by atoms with E-state index in [1.54, 1.807) is 4.52 Å². The van der Waals surface area contributed by atoms with Crippen LogP contribution in [0.1, 0.15) is 46.6 Å². The maximum atomic E-state index is 13.6. The van der Waals surface area contributed by atoms with Gasteiger partial charge >= 0.3 is 6.18 Å². The van der Waals surface area contributed by atoms with E-state index < -0.39 is 11.9 Å². The van der Waals surface area contributed by atoms with Crippen LogP contribution in [0.3, 0.4) is 0 Å². The number of alkyl halides is 3. The van der Waals surface area contributed by atoms with Gasteiger partial charge in [0.2, 0.25) is 0 Å². The number of hydrogen-bond acceptors (Lipinski definition) is 7. The van der Waals surface area contributed by atoms with E-state index >= 15 is 0 Å². The van der Waals surface area contributed by atoms with Crippen molar-refractivity contribution in [1.82, 2.24) is 29.5 Å². The highest BCUT2D eigenvalue weighted by atomic mass is 19.4. The molecule has 1 fully saturated rings. The fourth-order valence-electron chi connectivity index (χ4n) is 4.31. The van der Waals surface area contributed by atoms with Crippen LogP contribution < -0.4 is 4.90 Å². The standard InChI is InChI=1S/C19H20F3N7O/c1-10-25-14-3-5-28(7-13(14)17(26-10)19(20,21)22)18-16-15(12-4-6-30-8-12)27-11(2)29(16)24-9-23-18/h9,12H,3-8H2,1-2H3. The minimum atomic E-state index is -4.54. The normalized spacial score (nSPS) is 19.5. The summed E-state index contributed by atoms with van der Waals surface area (Å²) in [5, 5.41) is 4.31. The molecule has 0 amide bonds. The van der Waals surface area contributed by atoms with Crippen LogP contribution in [0.4, 0.5) is 19.0 Å². The fraction of sp³-hybridized carbons (Fsp3) is 0.526. The van der Waals surface area contributed by atoms with Crippen molar-refractivity contribution >= 4 is 11.3 Å². The first-order valence-electron chi connectivity index (χ1n) is 9.79. The summed E-state index contributed by atoms with van der Waals surface area (Å²) in [6.45, 7) is 5.09. The lowest BCUT2D eigenvalue weighted by molar-refractivity contribution is -0.142. The molecule has 5 heterocycles. The van der Waals surface area contributed by atoms with Crippen LogP contribution in [0, 0.1) is 13.8 Å². The topological polar surface area (TPSA) is 81.3 Å². The number of rotatable bonds is 2. The van der Waals surface area contributed by atoms with E-state index in [4.69, 9.17) is 4.74 Å². The van der Waals surface area contributed by atoms with Crippen molar-refractivity contribution in [2.75, 3.05) is 24.7 Å². The van der Waals surface area contributed by atoms with Crippen LogP contribution in [0.25, 0.3) is 5.52 Å². The smallest absolute Gasteiger partial charge is 0.381 e. The largest absolute Gasteiger partial charge is 0.433 e. The van der Waals surface area contributed by atoms with Crippen LogP contribution in [0.5, 0.6) is 0 Å².